The molecule has 0 aliphatic carbocycles. The summed E-state index contributed by atoms with van der Waals surface area (Å²) in [7, 11) is 0. The first-order valence-electron chi connectivity index (χ1n) is 17.8. The van der Waals surface area contributed by atoms with Gasteiger partial charge in [-0.1, -0.05) is 129 Å². The fourth-order valence-corrected chi connectivity index (χ4v) is 4.80. The van der Waals surface area contributed by atoms with Crippen LogP contribution in [0.3, 0.4) is 0 Å². The van der Waals surface area contributed by atoms with Crippen molar-refractivity contribution in [3.05, 3.63) is 74.3 Å². The summed E-state index contributed by atoms with van der Waals surface area (Å²) in [6.45, 7) is 5.17. The highest BCUT2D eigenvalue weighted by Crippen LogP contribution is 2.18. The van der Waals surface area contributed by atoms with Crippen molar-refractivity contribution in [3.8, 4) is 5.75 Å². The SMILES string of the molecule is CCCCCCCCCCCO.CCCCCCCCCCCOC(=O)Oc1ccc([N+](=O)[O-])cc1.O=C(Cl)Cc1ccc([N+](=O)[O-])cc1. The molecule has 276 valence electrons. The van der Waals surface area contributed by atoms with E-state index >= 15 is 0 Å². The number of aliphatic hydroxyl groups is 1. The topological polar surface area (TPSA) is 159 Å². The maximum atomic E-state index is 11.5. The van der Waals surface area contributed by atoms with Crippen molar-refractivity contribution in [2.45, 2.75) is 136 Å². The van der Waals surface area contributed by atoms with Gasteiger partial charge in [-0.15, -0.1) is 0 Å². The van der Waals surface area contributed by atoms with Crippen molar-refractivity contribution in [2.75, 3.05) is 13.2 Å². The summed E-state index contributed by atoms with van der Waals surface area (Å²) in [6.07, 6.45) is 21.9. The number of carbonyl (C=O) groups excluding carboxylic acids is 2. The Balaban J connectivity index is 0.000000777. The van der Waals surface area contributed by atoms with E-state index in [4.69, 9.17) is 26.2 Å². The van der Waals surface area contributed by atoms with E-state index in [1.807, 2.05) is 0 Å². The van der Waals surface area contributed by atoms with E-state index in [1.165, 1.54) is 138 Å². The minimum absolute atomic E-state index is 0.00534. The minimum Gasteiger partial charge on any atom is -0.434 e. The number of halogens is 1. The number of nitro benzene ring substituents is 2. The third-order valence-corrected chi connectivity index (χ3v) is 7.60. The van der Waals surface area contributed by atoms with Crippen LogP contribution >= 0.6 is 11.6 Å². The maximum absolute atomic E-state index is 11.5. The summed E-state index contributed by atoms with van der Waals surface area (Å²) in [5.74, 6) is 0.234. The Morgan fingerprint density at radius 3 is 1.41 bits per heavy atom. The zero-order valence-corrected chi connectivity index (χ0v) is 30.2. The van der Waals surface area contributed by atoms with E-state index in [2.05, 4.69) is 13.8 Å². The van der Waals surface area contributed by atoms with Gasteiger partial charge >= 0.3 is 6.16 Å². The summed E-state index contributed by atoms with van der Waals surface area (Å²) in [5, 5.41) is 28.8. The Bertz CT molecular complexity index is 1140. The van der Waals surface area contributed by atoms with Gasteiger partial charge in [-0.25, -0.2) is 4.79 Å². The van der Waals surface area contributed by atoms with Crippen molar-refractivity contribution in [3.63, 3.8) is 0 Å². The lowest BCUT2D eigenvalue weighted by molar-refractivity contribution is -0.385. The molecule has 1 N–H and O–H groups in total. The molecule has 0 bridgehead atoms. The Kier molecular flexibility index (Phi) is 29.4. The number of rotatable bonds is 24. The summed E-state index contributed by atoms with van der Waals surface area (Å²) in [6, 6.07) is 11.0. The largest absolute Gasteiger partial charge is 0.513 e. The van der Waals surface area contributed by atoms with Gasteiger partial charge in [0.15, 0.2) is 0 Å². The molecule has 0 amide bonds. The first kappa shape index (κ1) is 45.4. The van der Waals surface area contributed by atoms with Gasteiger partial charge in [-0.3, -0.25) is 25.0 Å². The molecule has 2 aromatic rings. The number of non-ortho nitro benzene ring substituents is 2. The van der Waals surface area contributed by atoms with Crippen molar-refractivity contribution in [2.24, 2.45) is 0 Å². The molecule has 2 aromatic carbocycles. The molecule has 0 atom stereocenters. The van der Waals surface area contributed by atoms with Crippen LogP contribution in [-0.4, -0.2) is 39.6 Å². The Hall–Kier alpha value is -3.57. The molecule has 0 heterocycles. The summed E-state index contributed by atoms with van der Waals surface area (Å²) < 4.78 is 9.94. The summed E-state index contributed by atoms with van der Waals surface area (Å²) >= 11 is 5.14. The summed E-state index contributed by atoms with van der Waals surface area (Å²) in [5.41, 5.74) is 0.627. The van der Waals surface area contributed by atoms with E-state index in [1.54, 1.807) is 0 Å². The third-order valence-electron chi connectivity index (χ3n) is 7.47. The molecule has 0 aliphatic rings. The number of nitro groups is 2. The van der Waals surface area contributed by atoms with E-state index in [0.29, 0.717) is 18.8 Å². The van der Waals surface area contributed by atoms with Crippen LogP contribution in [0.15, 0.2) is 48.5 Å². The molecule has 0 aromatic heterocycles. The third kappa shape index (κ3) is 28.0. The fourth-order valence-electron chi connectivity index (χ4n) is 4.65. The molecule has 0 fully saturated rings. The van der Waals surface area contributed by atoms with Gasteiger partial charge in [-0.05, 0) is 42.1 Å². The molecule has 0 radical (unpaired) electrons. The second-order valence-corrected chi connectivity index (χ2v) is 12.2. The number of carbonyl (C=O) groups is 2. The highest BCUT2D eigenvalue weighted by molar-refractivity contribution is 6.63. The van der Waals surface area contributed by atoms with Crippen LogP contribution < -0.4 is 4.74 Å². The second-order valence-electron chi connectivity index (χ2n) is 11.8. The highest BCUT2D eigenvalue weighted by Gasteiger charge is 2.09. The van der Waals surface area contributed by atoms with Gasteiger partial charge in [-0.2, -0.15) is 0 Å². The highest BCUT2D eigenvalue weighted by atomic mass is 35.5. The van der Waals surface area contributed by atoms with Crippen LogP contribution in [0.4, 0.5) is 16.2 Å². The van der Waals surface area contributed by atoms with Crippen molar-refractivity contribution in [1.29, 1.82) is 0 Å². The second kappa shape index (κ2) is 31.7. The standard InChI is InChI=1S/C18H27NO5.C11H24O.C8H6ClNO3/c1-2-3-4-5-6-7-8-9-10-15-23-18(20)24-17-13-11-16(12-14-17)19(21)22;1-2-3-4-5-6-7-8-9-10-11-12;9-8(11)5-6-1-3-7(4-2-6)10(12)13/h11-14H,2-10,15H2,1H3;12H,2-11H2,1H3;1-4H,5H2. The monoisotopic (exact) mass is 708 g/mol. The molecular formula is C37H57ClN2O9. The molecule has 0 saturated carbocycles. The van der Waals surface area contributed by atoms with Crippen LogP contribution in [0.1, 0.15) is 135 Å². The quantitative estimate of drug-likeness (QED) is 0.0279. The predicted molar refractivity (Wildman–Crippen MR) is 194 cm³/mol. The fraction of sp³-hybridized carbons (Fsp3) is 0.622. The molecular weight excluding hydrogens is 652 g/mol. The smallest absolute Gasteiger partial charge is 0.434 e. The Morgan fingerprint density at radius 2 is 1.02 bits per heavy atom. The normalized spacial score (nSPS) is 10.2. The molecule has 0 saturated heterocycles. The van der Waals surface area contributed by atoms with Crippen LogP contribution in [0.25, 0.3) is 0 Å². The number of nitrogens with zero attached hydrogens (tertiary/aromatic N) is 2. The minimum atomic E-state index is -0.775. The zero-order chi connectivity index (χ0) is 36.5. The van der Waals surface area contributed by atoms with Crippen LogP contribution in [0.5, 0.6) is 5.75 Å². The Morgan fingerprint density at radius 1 is 0.633 bits per heavy atom. The maximum Gasteiger partial charge on any atom is 0.513 e. The zero-order valence-electron chi connectivity index (χ0n) is 29.5. The molecule has 2 rings (SSSR count). The van der Waals surface area contributed by atoms with Crippen molar-refractivity contribution >= 4 is 34.4 Å². The molecule has 0 aliphatic heterocycles. The molecule has 0 unspecified atom stereocenters. The first-order valence-corrected chi connectivity index (χ1v) is 18.1. The van der Waals surface area contributed by atoms with Gasteiger partial charge < -0.3 is 14.6 Å². The number of hydrogen-bond acceptors (Lipinski definition) is 9. The van der Waals surface area contributed by atoms with Gasteiger partial charge in [0.05, 0.1) is 16.5 Å². The first-order chi connectivity index (χ1) is 23.6. The Labute approximate surface area is 297 Å². The van der Waals surface area contributed by atoms with Gasteiger partial charge in [0.1, 0.15) is 5.75 Å². The average molecular weight is 709 g/mol. The predicted octanol–water partition coefficient (Wildman–Crippen LogP) is 11.1. The number of hydrogen-bond donors (Lipinski definition) is 1. The molecule has 12 heteroatoms. The van der Waals surface area contributed by atoms with Crippen LogP contribution in [0.2, 0.25) is 0 Å². The average Bonchev–Trinajstić information content (AvgIpc) is 3.07. The number of aliphatic hydroxyl groups excluding tert-OH is 1. The van der Waals surface area contributed by atoms with E-state index in [0.717, 1.165) is 25.7 Å². The lowest BCUT2D eigenvalue weighted by Crippen LogP contribution is -2.11. The van der Waals surface area contributed by atoms with Crippen LogP contribution in [0, 0.1) is 20.2 Å². The van der Waals surface area contributed by atoms with E-state index in [-0.39, 0.29) is 23.5 Å². The lowest BCUT2D eigenvalue weighted by atomic mass is 10.1. The van der Waals surface area contributed by atoms with Crippen molar-refractivity contribution < 1.29 is 34.0 Å². The molecule has 0 spiro atoms. The number of unbranched alkanes of at least 4 members (excludes halogenated alkanes) is 16. The number of ether oxygens (including phenoxy) is 2. The van der Waals surface area contributed by atoms with Crippen LogP contribution in [-0.2, 0) is 16.0 Å². The van der Waals surface area contributed by atoms with Crippen molar-refractivity contribution in [1.82, 2.24) is 0 Å². The van der Waals surface area contributed by atoms with Gasteiger partial charge in [0, 0.05) is 37.3 Å². The van der Waals surface area contributed by atoms with E-state index < -0.39 is 21.2 Å². The van der Waals surface area contributed by atoms with Gasteiger partial charge in [0.2, 0.25) is 5.24 Å². The van der Waals surface area contributed by atoms with E-state index in [9.17, 15) is 29.8 Å². The van der Waals surface area contributed by atoms with Gasteiger partial charge in [0.25, 0.3) is 11.4 Å². The lowest BCUT2D eigenvalue weighted by Gasteiger charge is -2.06. The molecule has 49 heavy (non-hydrogen) atoms. The number of benzene rings is 2. The summed E-state index contributed by atoms with van der Waals surface area (Å²) in [4.78, 5) is 41.7. The molecule has 11 nitrogen and oxygen atoms in total.